The summed E-state index contributed by atoms with van der Waals surface area (Å²) in [6.45, 7) is 6.70. The molecule has 0 bridgehead atoms. The Kier molecular flexibility index (Phi) is 4.33. The van der Waals surface area contributed by atoms with E-state index in [0.717, 1.165) is 17.1 Å². The number of hydrogen-bond donors (Lipinski definition) is 1. The first kappa shape index (κ1) is 14.6. The highest BCUT2D eigenvalue weighted by molar-refractivity contribution is 7.71. The molecule has 19 heavy (non-hydrogen) atoms. The van der Waals surface area contributed by atoms with E-state index in [1.807, 2.05) is 0 Å². The average molecular weight is 282 g/mol. The zero-order valence-corrected chi connectivity index (χ0v) is 13.4. The number of rotatable bonds is 4. The number of nitrogens with one attached hydrogen (secondary N) is 1. The van der Waals surface area contributed by atoms with Crippen molar-refractivity contribution < 1.29 is 0 Å². The first-order valence-corrected chi connectivity index (χ1v) is 7.79. The van der Waals surface area contributed by atoms with Crippen LogP contribution in [0.2, 0.25) is 0 Å². The number of H-pyrrole nitrogens is 1. The van der Waals surface area contributed by atoms with Crippen molar-refractivity contribution in [3.05, 3.63) is 4.77 Å². The van der Waals surface area contributed by atoms with Gasteiger partial charge in [-0.2, -0.15) is 0 Å². The summed E-state index contributed by atoms with van der Waals surface area (Å²) in [5.41, 5.74) is 0.0907. The molecule has 0 aromatic carbocycles. The standard InChI is InChI=1S/C14H26N4S/c1-5-14(2,3)17(4)12-15-16-13(19)18(12)11-9-7-6-8-10-11/h11H,5-10H2,1-4H3,(H,16,19). The van der Waals surface area contributed by atoms with Gasteiger partial charge in [-0.05, 0) is 45.3 Å². The third-order valence-electron chi connectivity index (χ3n) is 4.70. The molecule has 0 radical (unpaired) electrons. The second-order valence-corrected chi connectivity index (χ2v) is 6.60. The van der Waals surface area contributed by atoms with E-state index in [9.17, 15) is 0 Å². The van der Waals surface area contributed by atoms with Crippen LogP contribution in [0, 0.1) is 4.77 Å². The monoisotopic (exact) mass is 282 g/mol. The summed E-state index contributed by atoms with van der Waals surface area (Å²) in [5, 5.41) is 7.46. The minimum atomic E-state index is 0.0907. The van der Waals surface area contributed by atoms with Gasteiger partial charge in [0.25, 0.3) is 0 Å². The van der Waals surface area contributed by atoms with Crippen LogP contribution >= 0.6 is 12.2 Å². The molecule has 0 amide bonds. The lowest BCUT2D eigenvalue weighted by molar-refractivity contribution is 0.344. The Morgan fingerprint density at radius 3 is 2.58 bits per heavy atom. The van der Waals surface area contributed by atoms with Gasteiger partial charge < -0.3 is 4.90 Å². The second kappa shape index (κ2) is 5.65. The van der Waals surface area contributed by atoms with Crippen LogP contribution in [0.1, 0.15) is 65.3 Å². The van der Waals surface area contributed by atoms with Gasteiger partial charge in [-0.1, -0.05) is 26.2 Å². The lowest BCUT2D eigenvalue weighted by atomic mass is 9.95. The minimum Gasteiger partial charge on any atom is -0.339 e. The van der Waals surface area contributed by atoms with Crippen molar-refractivity contribution in [1.29, 1.82) is 0 Å². The Labute approximate surface area is 121 Å². The van der Waals surface area contributed by atoms with Crippen LogP contribution in [0.4, 0.5) is 5.95 Å². The van der Waals surface area contributed by atoms with Crippen molar-refractivity contribution in [3.8, 4) is 0 Å². The fraction of sp³-hybridized carbons (Fsp3) is 0.857. The van der Waals surface area contributed by atoms with Crippen LogP contribution in [0.15, 0.2) is 0 Å². The maximum Gasteiger partial charge on any atom is 0.226 e. The smallest absolute Gasteiger partial charge is 0.226 e. The summed E-state index contributed by atoms with van der Waals surface area (Å²) in [4.78, 5) is 2.26. The second-order valence-electron chi connectivity index (χ2n) is 6.22. The van der Waals surface area contributed by atoms with E-state index in [4.69, 9.17) is 12.2 Å². The fourth-order valence-corrected chi connectivity index (χ4v) is 2.99. The molecule has 1 N–H and O–H groups in total. The maximum atomic E-state index is 5.45. The molecule has 1 heterocycles. The molecular weight excluding hydrogens is 256 g/mol. The third kappa shape index (κ3) is 2.86. The largest absolute Gasteiger partial charge is 0.339 e. The first-order valence-electron chi connectivity index (χ1n) is 7.38. The molecule has 1 aliphatic rings. The molecule has 1 saturated carbocycles. The van der Waals surface area contributed by atoms with E-state index in [1.165, 1.54) is 32.1 Å². The summed E-state index contributed by atoms with van der Waals surface area (Å²) in [7, 11) is 2.12. The highest BCUT2D eigenvalue weighted by atomic mass is 32.1. The molecule has 5 heteroatoms. The van der Waals surface area contributed by atoms with Crippen LogP contribution in [0.25, 0.3) is 0 Å². The Balaban J connectivity index is 2.34. The lowest BCUT2D eigenvalue weighted by Gasteiger charge is -2.37. The molecule has 0 aliphatic heterocycles. The van der Waals surface area contributed by atoms with Gasteiger partial charge in [0.1, 0.15) is 0 Å². The van der Waals surface area contributed by atoms with E-state index in [1.54, 1.807) is 0 Å². The number of aromatic amines is 1. The molecule has 108 valence electrons. The first-order chi connectivity index (χ1) is 8.97. The molecule has 1 aliphatic carbocycles. The van der Waals surface area contributed by atoms with Crippen molar-refractivity contribution >= 4 is 18.2 Å². The molecule has 1 aromatic rings. The van der Waals surface area contributed by atoms with Gasteiger partial charge in [-0.15, -0.1) is 5.10 Å². The summed E-state index contributed by atoms with van der Waals surface area (Å²) in [6, 6.07) is 0.519. The summed E-state index contributed by atoms with van der Waals surface area (Å²) in [6.07, 6.45) is 7.49. The Morgan fingerprint density at radius 2 is 2.00 bits per heavy atom. The minimum absolute atomic E-state index is 0.0907. The Hall–Kier alpha value is -0.840. The molecular formula is C14H26N4S. The van der Waals surface area contributed by atoms with Gasteiger partial charge in [0.2, 0.25) is 5.95 Å². The van der Waals surface area contributed by atoms with Crippen molar-refractivity contribution in [1.82, 2.24) is 14.8 Å². The zero-order chi connectivity index (χ0) is 14.0. The van der Waals surface area contributed by atoms with Crippen LogP contribution < -0.4 is 4.90 Å². The molecule has 2 rings (SSSR count). The molecule has 0 unspecified atom stereocenters. The maximum absolute atomic E-state index is 5.45. The van der Waals surface area contributed by atoms with E-state index >= 15 is 0 Å². The molecule has 4 nitrogen and oxygen atoms in total. The van der Waals surface area contributed by atoms with E-state index in [0.29, 0.717) is 6.04 Å². The number of nitrogens with zero attached hydrogens (tertiary/aromatic N) is 3. The summed E-state index contributed by atoms with van der Waals surface area (Å²) in [5.74, 6) is 0.990. The number of anilines is 1. The fourth-order valence-electron chi connectivity index (χ4n) is 2.71. The van der Waals surface area contributed by atoms with Crippen LogP contribution in [0.3, 0.4) is 0 Å². The molecule has 1 fully saturated rings. The Bertz CT molecular complexity index is 468. The predicted octanol–water partition coefficient (Wildman–Crippen LogP) is 4.07. The zero-order valence-electron chi connectivity index (χ0n) is 12.6. The molecule has 0 saturated heterocycles. The van der Waals surface area contributed by atoms with Crippen molar-refractivity contribution in [2.24, 2.45) is 0 Å². The summed E-state index contributed by atoms with van der Waals surface area (Å²) < 4.78 is 3.01. The predicted molar refractivity (Wildman–Crippen MR) is 82.3 cm³/mol. The SMILES string of the molecule is CCC(C)(C)N(C)c1n[nH]c(=S)n1C1CCCCC1. The highest BCUT2D eigenvalue weighted by Gasteiger charge is 2.28. The van der Waals surface area contributed by atoms with Gasteiger partial charge >= 0.3 is 0 Å². The average Bonchev–Trinajstić information content (AvgIpc) is 2.80. The number of aromatic nitrogens is 3. The highest BCUT2D eigenvalue weighted by Crippen LogP contribution is 2.33. The lowest BCUT2D eigenvalue weighted by Crippen LogP contribution is -2.42. The Morgan fingerprint density at radius 1 is 1.37 bits per heavy atom. The van der Waals surface area contributed by atoms with Crippen molar-refractivity contribution in [2.45, 2.75) is 70.9 Å². The normalized spacial score (nSPS) is 17.7. The van der Waals surface area contributed by atoms with Crippen LogP contribution in [-0.4, -0.2) is 27.4 Å². The van der Waals surface area contributed by atoms with Crippen molar-refractivity contribution in [3.63, 3.8) is 0 Å². The van der Waals surface area contributed by atoms with Crippen LogP contribution in [-0.2, 0) is 0 Å². The molecule has 1 aromatic heterocycles. The van der Waals surface area contributed by atoms with Crippen LogP contribution in [0.5, 0.6) is 0 Å². The van der Waals surface area contributed by atoms with Gasteiger partial charge in [0.05, 0.1) is 0 Å². The molecule has 0 atom stereocenters. The number of hydrogen-bond acceptors (Lipinski definition) is 3. The van der Waals surface area contributed by atoms with Crippen molar-refractivity contribution in [2.75, 3.05) is 11.9 Å². The molecule has 0 spiro atoms. The quantitative estimate of drug-likeness (QED) is 0.846. The van der Waals surface area contributed by atoms with Gasteiger partial charge in [0, 0.05) is 18.6 Å². The van der Waals surface area contributed by atoms with Gasteiger partial charge in [-0.3, -0.25) is 4.57 Å². The van der Waals surface area contributed by atoms with E-state index < -0.39 is 0 Å². The van der Waals surface area contributed by atoms with Gasteiger partial charge in [-0.25, -0.2) is 5.10 Å². The van der Waals surface area contributed by atoms with E-state index in [2.05, 4.69) is 47.5 Å². The summed E-state index contributed by atoms with van der Waals surface area (Å²) >= 11 is 5.45. The van der Waals surface area contributed by atoms with E-state index in [-0.39, 0.29) is 5.54 Å². The topological polar surface area (TPSA) is 36.9 Å². The van der Waals surface area contributed by atoms with Gasteiger partial charge in [0.15, 0.2) is 4.77 Å². The third-order valence-corrected chi connectivity index (χ3v) is 4.99.